The molecule has 3 aromatic rings. The van der Waals surface area contributed by atoms with Crippen molar-refractivity contribution in [2.24, 2.45) is 0 Å². The summed E-state index contributed by atoms with van der Waals surface area (Å²) >= 11 is 0. The summed E-state index contributed by atoms with van der Waals surface area (Å²) in [5, 5.41) is 4.18. The third kappa shape index (κ3) is 4.41. The van der Waals surface area contributed by atoms with Crippen LogP contribution in [0.4, 0.5) is 18.9 Å². The maximum atomic E-state index is 13.2. The Hall–Kier alpha value is -3.06. The minimum atomic E-state index is -4.54. The molecule has 7 heteroatoms. The Kier molecular flexibility index (Phi) is 5.63. The van der Waals surface area contributed by atoms with Crippen molar-refractivity contribution < 1.29 is 27.4 Å². The molecule has 1 N–H and O–H groups in total. The molecule has 0 aliphatic carbocycles. The Labute approximate surface area is 171 Å². The molecular weight excluding hydrogens is 395 g/mol. The molecule has 0 aromatic heterocycles. The van der Waals surface area contributed by atoms with Crippen molar-refractivity contribution in [3.05, 3.63) is 71.8 Å². The van der Waals surface area contributed by atoms with Gasteiger partial charge in [-0.2, -0.15) is 13.2 Å². The highest BCUT2D eigenvalue weighted by Gasteiger charge is 2.31. The summed E-state index contributed by atoms with van der Waals surface area (Å²) in [6, 6.07) is 15.6. The predicted octanol–water partition coefficient (Wildman–Crippen LogP) is 5.67. The van der Waals surface area contributed by atoms with Gasteiger partial charge in [0.05, 0.1) is 17.4 Å². The third-order valence-electron chi connectivity index (χ3n) is 5.04. The van der Waals surface area contributed by atoms with Gasteiger partial charge in [-0.05, 0) is 47.9 Å². The van der Waals surface area contributed by atoms with E-state index < -0.39 is 17.6 Å². The fourth-order valence-corrected chi connectivity index (χ4v) is 3.50. The van der Waals surface area contributed by atoms with Crippen LogP contribution in [0.1, 0.15) is 28.8 Å². The van der Waals surface area contributed by atoms with Crippen LogP contribution in [0.3, 0.4) is 0 Å². The number of fused-ring (bicyclic) bond motifs is 1. The van der Waals surface area contributed by atoms with E-state index in [0.717, 1.165) is 30.4 Å². The van der Waals surface area contributed by atoms with Crippen LogP contribution in [0.2, 0.25) is 0 Å². The van der Waals surface area contributed by atoms with Gasteiger partial charge in [-0.25, -0.2) is 0 Å². The maximum Gasteiger partial charge on any atom is 0.416 e. The second-order valence-electron chi connectivity index (χ2n) is 7.14. The first-order valence-electron chi connectivity index (χ1n) is 9.66. The average Bonchev–Trinajstić information content (AvgIpc) is 3.25. The molecule has 1 atom stereocenters. The van der Waals surface area contributed by atoms with Gasteiger partial charge in [0.1, 0.15) is 12.4 Å². The Morgan fingerprint density at radius 1 is 1.10 bits per heavy atom. The molecule has 1 amide bonds. The van der Waals surface area contributed by atoms with Crippen molar-refractivity contribution in [1.29, 1.82) is 0 Å². The van der Waals surface area contributed by atoms with E-state index in [-0.39, 0.29) is 24.1 Å². The summed E-state index contributed by atoms with van der Waals surface area (Å²) in [4.78, 5) is 12.9. The molecule has 0 saturated carbocycles. The average molecular weight is 415 g/mol. The molecule has 3 aromatic carbocycles. The molecule has 1 heterocycles. The van der Waals surface area contributed by atoms with Gasteiger partial charge in [0.15, 0.2) is 0 Å². The summed E-state index contributed by atoms with van der Waals surface area (Å²) in [7, 11) is 0. The highest BCUT2D eigenvalue weighted by atomic mass is 19.4. The minimum Gasteiger partial charge on any atom is -0.489 e. The van der Waals surface area contributed by atoms with Crippen LogP contribution in [0, 0.1) is 0 Å². The molecule has 0 unspecified atom stereocenters. The first-order valence-corrected chi connectivity index (χ1v) is 9.66. The maximum absolute atomic E-state index is 13.2. The number of alkyl halides is 3. The molecule has 1 aliphatic heterocycles. The number of hydrogen-bond donors (Lipinski definition) is 1. The number of carbonyl (C=O) groups excluding carboxylic acids is 1. The zero-order valence-corrected chi connectivity index (χ0v) is 16.0. The van der Waals surface area contributed by atoms with Crippen LogP contribution in [-0.2, 0) is 10.9 Å². The quantitative estimate of drug-likeness (QED) is 0.584. The van der Waals surface area contributed by atoms with E-state index in [0.29, 0.717) is 17.6 Å². The number of carbonyl (C=O) groups is 1. The molecule has 4 nitrogen and oxygen atoms in total. The molecule has 156 valence electrons. The van der Waals surface area contributed by atoms with Gasteiger partial charge >= 0.3 is 6.18 Å². The zero-order valence-electron chi connectivity index (χ0n) is 16.0. The molecule has 0 radical (unpaired) electrons. The third-order valence-corrected chi connectivity index (χ3v) is 5.04. The topological polar surface area (TPSA) is 47.6 Å². The van der Waals surface area contributed by atoms with E-state index in [4.69, 9.17) is 9.47 Å². The number of rotatable bonds is 5. The number of anilines is 1. The van der Waals surface area contributed by atoms with Crippen LogP contribution in [0.5, 0.6) is 5.75 Å². The van der Waals surface area contributed by atoms with Gasteiger partial charge in [-0.3, -0.25) is 4.79 Å². The lowest BCUT2D eigenvalue weighted by Crippen LogP contribution is -2.19. The standard InChI is InChI=1S/C23H20F3NO3/c24-23(25,26)16-10-11-21(30-14-17-7-4-12-29-17)20(13-16)27-22(28)19-9-3-6-15-5-1-2-8-18(15)19/h1-3,5-6,8-11,13,17H,4,7,12,14H2,(H,27,28)/t17-/m0/s1. The molecule has 1 saturated heterocycles. The molecule has 1 aliphatic rings. The second-order valence-corrected chi connectivity index (χ2v) is 7.14. The number of amides is 1. The highest BCUT2D eigenvalue weighted by molar-refractivity contribution is 6.13. The van der Waals surface area contributed by atoms with Crippen LogP contribution in [0.15, 0.2) is 60.7 Å². The van der Waals surface area contributed by atoms with Gasteiger partial charge in [0.2, 0.25) is 0 Å². The van der Waals surface area contributed by atoms with Crippen molar-refractivity contribution in [3.8, 4) is 5.75 Å². The Morgan fingerprint density at radius 2 is 1.90 bits per heavy atom. The molecule has 1 fully saturated rings. The van der Waals surface area contributed by atoms with E-state index in [1.165, 1.54) is 6.07 Å². The van der Waals surface area contributed by atoms with Gasteiger partial charge in [-0.1, -0.05) is 36.4 Å². The van der Waals surface area contributed by atoms with Crippen molar-refractivity contribution in [1.82, 2.24) is 0 Å². The van der Waals surface area contributed by atoms with Gasteiger partial charge in [0.25, 0.3) is 5.91 Å². The Morgan fingerprint density at radius 3 is 2.67 bits per heavy atom. The highest BCUT2D eigenvalue weighted by Crippen LogP contribution is 2.36. The van der Waals surface area contributed by atoms with Gasteiger partial charge < -0.3 is 14.8 Å². The molecule has 30 heavy (non-hydrogen) atoms. The Balaban J connectivity index is 1.63. The van der Waals surface area contributed by atoms with Gasteiger partial charge in [0, 0.05) is 12.2 Å². The fraction of sp³-hybridized carbons (Fsp3) is 0.261. The lowest BCUT2D eigenvalue weighted by atomic mass is 10.0. The summed E-state index contributed by atoms with van der Waals surface area (Å²) < 4.78 is 50.9. The van der Waals surface area contributed by atoms with E-state index in [9.17, 15) is 18.0 Å². The van der Waals surface area contributed by atoms with Crippen LogP contribution >= 0.6 is 0 Å². The largest absolute Gasteiger partial charge is 0.489 e. The minimum absolute atomic E-state index is 0.0271. The summed E-state index contributed by atoms with van der Waals surface area (Å²) in [5.74, 6) is -0.333. The SMILES string of the molecule is O=C(Nc1cc(C(F)(F)F)ccc1OC[C@@H]1CCCO1)c1cccc2ccccc12. The van der Waals surface area contributed by atoms with Crippen LogP contribution in [0.25, 0.3) is 10.8 Å². The number of benzene rings is 3. The van der Waals surface area contributed by atoms with E-state index >= 15 is 0 Å². The lowest BCUT2D eigenvalue weighted by Gasteiger charge is -2.17. The zero-order chi connectivity index (χ0) is 21.1. The predicted molar refractivity (Wildman–Crippen MR) is 108 cm³/mol. The monoisotopic (exact) mass is 415 g/mol. The summed E-state index contributed by atoms with van der Waals surface area (Å²) in [6.07, 6.45) is -2.88. The normalized spacial score (nSPS) is 16.6. The van der Waals surface area contributed by atoms with Crippen molar-refractivity contribution in [2.45, 2.75) is 25.1 Å². The number of nitrogens with one attached hydrogen (secondary N) is 1. The Bertz CT molecular complexity index is 1050. The molecule has 4 rings (SSSR count). The summed E-state index contributed by atoms with van der Waals surface area (Å²) in [6.45, 7) is 0.855. The van der Waals surface area contributed by atoms with Gasteiger partial charge in [-0.15, -0.1) is 0 Å². The van der Waals surface area contributed by atoms with Crippen LogP contribution < -0.4 is 10.1 Å². The number of halogens is 3. The number of ether oxygens (including phenoxy) is 2. The van der Waals surface area contributed by atoms with E-state index in [2.05, 4.69) is 5.32 Å². The molecular formula is C23H20F3NO3. The first-order chi connectivity index (χ1) is 14.4. The number of hydrogen-bond acceptors (Lipinski definition) is 3. The van der Waals surface area contributed by atoms with E-state index in [1.807, 2.05) is 18.2 Å². The fourth-order valence-electron chi connectivity index (χ4n) is 3.50. The molecule has 0 spiro atoms. The van der Waals surface area contributed by atoms with Crippen LogP contribution in [-0.4, -0.2) is 25.2 Å². The second kappa shape index (κ2) is 8.36. The van der Waals surface area contributed by atoms with Crippen molar-refractivity contribution in [3.63, 3.8) is 0 Å². The summed E-state index contributed by atoms with van der Waals surface area (Å²) in [5.41, 5.74) is -0.517. The first kappa shape index (κ1) is 20.2. The van der Waals surface area contributed by atoms with Crippen molar-refractivity contribution in [2.75, 3.05) is 18.5 Å². The smallest absolute Gasteiger partial charge is 0.416 e. The van der Waals surface area contributed by atoms with E-state index in [1.54, 1.807) is 24.3 Å². The molecule has 0 bridgehead atoms. The lowest BCUT2D eigenvalue weighted by molar-refractivity contribution is -0.137. The van der Waals surface area contributed by atoms with Crippen molar-refractivity contribution >= 4 is 22.4 Å².